The molecule has 0 fully saturated rings. The molecule has 0 heterocycles. The summed E-state index contributed by atoms with van der Waals surface area (Å²) in [6, 6.07) is 6.24. The molecule has 100 valence electrons. The van der Waals surface area contributed by atoms with Crippen LogP contribution in [-0.2, 0) is 14.5 Å². The molecular weight excluding hydrogens is 250 g/mol. The summed E-state index contributed by atoms with van der Waals surface area (Å²) >= 11 is 0. The second-order valence-corrected chi connectivity index (χ2v) is 6.81. The molecule has 1 unspecified atom stereocenters. The highest BCUT2D eigenvalue weighted by molar-refractivity contribution is 7.92. The minimum Gasteiger partial charge on any atom is -0.465 e. The standard InChI is InChI=1S/C13H19NO3S/c1-10(2)8-9-18(14,16)12-6-4-11(5-7-12)13(15)17-3/h4-7,10,14H,8-9H2,1-3H3. The fourth-order valence-electron chi connectivity index (χ4n) is 1.45. The third kappa shape index (κ3) is 3.84. The molecule has 0 aliphatic heterocycles. The first-order valence-electron chi connectivity index (χ1n) is 5.81. The van der Waals surface area contributed by atoms with E-state index in [9.17, 15) is 9.00 Å². The molecule has 1 atom stereocenters. The summed E-state index contributed by atoms with van der Waals surface area (Å²) in [5, 5.41) is 0. The van der Waals surface area contributed by atoms with Gasteiger partial charge in [0, 0.05) is 10.6 Å². The molecule has 0 saturated heterocycles. The third-order valence-electron chi connectivity index (χ3n) is 2.64. The lowest BCUT2D eigenvalue weighted by Crippen LogP contribution is -2.08. The van der Waals surface area contributed by atoms with Crippen LogP contribution in [0, 0.1) is 10.7 Å². The summed E-state index contributed by atoms with van der Waals surface area (Å²) in [5.74, 6) is 0.341. The molecule has 1 N–H and O–H groups in total. The van der Waals surface area contributed by atoms with Crippen LogP contribution in [0.5, 0.6) is 0 Å². The SMILES string of the molecule is COC(=O)c1ccc(S(=N)(=O)CCC(C)C)cc1. The molecule has 1 aromatic carbocycles. The van der Waals surface area contributed by atoms with Crippen LogP contribution in [0.15, 0.2) is 29.2 Å². The predicted octanol–water partition coefficient (Wildman–Crippen LogP) is 2.92. The molecule has 1 aromatic rings. The van der Waals surface area contributed by atoms with Gasteiger partial charge in [-0.15, -0.1) is 0 Å². The zero-order chi connectivity index (χ0) is 13.8. The molecule has 0 radical (unpaired) electrons. The number of hydrogen-bond acceptors (Lipinski definition) is 4. The van der Waals surface area contributed by atoms with Crippen LogP contribution in [0.3, 0.4) is 0 Å². The van der Waals surface area contributed by atoms with E-state index in [0.29, 0.717) is 22.1 Å². The second kappa shape index (κ2) is 6.00. The third-order valence-corrected chi connectivity index (χ3v) is 4.48. The Morgan fingerprint density at radius 1 is 1.33 bits per heavy atom. The van der Waals surface area contributed by atoms with Crippen molar-refractivity contribution in [2.24, 2.45) is 5.92 Å². The lowest BCUT2D eigenvalue weighted by atomic mass is 10.2. The maximum atomic E-state index is 12.2. The van der Waals surface area contributed by atoms with Crippen molar-refractivity contribution in [1.29, 1.82) is 4.78 Å². The number of nitrogens with one attached hydrogen (secondary N) is 1. The summed E-state index contributed by atoms with van der Waals surface area (Å²) in [6.07, 6.45) is 0.751. The number of ether oxygens (including phenoxy) is 1. The van der Waals surface area contributed by atoms with E-state index in [1.165, 1.54) is 7.11 Å². The number of benzene rings is 1. The van der Waals surface area contributed by atoms with Gasteiger partial charge in [-0.2, -0.15) is 0 Å². The average molecular weight is 269 g/mol. The van der Waals surface area contributed by atoms with E-state index in [0.717, 1.165) is 6.42 Å². The van der Waals surface area contributed by atoms with Crippen LogP contribution < -0.4 is 0 Å². The first-order chi connectivity index (χ1) is 8.36. The molecule has 5 heteroatoms. The molecular formula is C13H19NO3S. The van der Waals surface area contributed by atoms with E-state index in [1.54, 1.807) is 24.3 Å². The van der Waals surface area contributed by atoms with Gasteiger partial charge in [0.1, 0.15) is 0 Å². The van der Waals surface area contributed by atoms with Gasteiger partial charge in [-0.05, 0) is 36.6 Å². The Balaban J connectivity index is 2.87. The van der Waals surface area contributed by atoms with Crippen molar-refractivity contribution in [3.63, 3.8) is 0 Å². The Hall–Kier alpha value is -1.36. The van der Waals surface area contributed by atoms with Gasteiger partial charge in [0.2, 0.25) is 0 Å². The van der Waals surface area contributed by atoms with Crippen LogP contribution in [0.4, 0.5) is 0 Å². The largest absolute Gasteiger partial charge is 0.465 e. The quantitative estimate of drug-likeness (QED) is 0.836. The Kier molecular flexibility index (Phi) is 4.90. The van der Waals surface area contributed by atoms with Gasteiger partial charge >= 0.3 is 5.97 Å². The minimum atomic E-state index is -2.76. The first kappa shape index (κ1) is 14.7. The van der Waals surface area contributed by atoms with Crippen molar-refractivity contribution < 1.29 is 13.7 Å². The lowest BCUT2D eigenvalue weighted by molar-refractivity contribution is 0.0600. The van der Waals surface area contributed by atoms with Gasteiger partial charge in [0.25, 0.3) is 0 Å². The highest BCUT2D eigenvalue weighted by atomic mass is 32.2. The smallest absolute Gasteiger partial charge is 0.337 e. The van der Waals surface area contributed by atoms with E-state index < -0.39 is 15.7 Å². The maximum Gasteiger partial charge on any atom is 0.337 e. The summed E-state index contributed by atoms with van der Waals surface area (Å²) in [5.41, 5.74) is 0.403. The topological polar surface area (TPSA) is 67.2 Å². The van der Waals surface area contributed by atoms with Gasteiger partial charge in [-0.1, -0.05) is 13.8 Å². The molecule has 4 nitrogen and oxygen atoms in total. The first-order valence-corrected chi connectivity index (χ1v) is 7.54. The molecule has 0 amide bonds. The normalized spacial score (nSPS) is 14.2. The van der Waals surface area contributed by atoms with Gasteiger partial charge < -0.3 is 4.74 Å². The van der Waals surface area contributed by atoms with Crippen LogP contribution in [0.25, 0.3) is 0 Å². The number of esters is 1. The van der Waals surface area contributed by atoms with Gasteiger partial charge in [0.15, 0.2) is 0 Å². The minimum absolute atomic E-state index is 0.349. The zero-order valence-electron chi connectivity index (χ0n) is 10.9. The summed E-state index contributed by atoms with van der Waals surface area (Å²) in [7, 11) is -1.44. The molecule has 18 heavy (non-hydrogen) atoms. The molecule has 0 saturated carbocycles. The van der Waals surface area contributed by atoms with Gasteiger partial charge in [0.05, 0.1) is 22.4 Å². The number of hydrogen-bond donors (Lipinski definition) is 1. The Bertz CT molecular complexity index is 504. The number of carbonyl (C=O) groups is 1. The second-order valence-electron chi connectivity index (χ2n) is 4.58. The molecule has 0 bridgehead atoms. The van der Waals surface area contributed by atoms with Crippen LogP contribution >= 0.6 is 0 Å². The van der Waals surface area contributed by atoms with Crippen molar-refractivity contribution in [3.8, 4) is 0 Å². The number of methoxy groups -OCH3 is 1. The molecule has 0 aromatic heterocycles. The lowest BCUT2D eigenvalue weighted by Gasteiger charge is -2.09. The molecule has 0 aliphatic carbocycles. The average Bonchev–Trinajstić information content (AvgIpc) is 2.36. The van der Waals surface area contributed by atoms with E-state index >= 15 is 0 Å². The summed E-state index contributed by atoms with van der Waals surface area (Å²) < 4.78 is 24.7. The number of rotatable bonds is 5. The van der Waals surface area contributed by atoms with E-state index in [4.69, 9.17) is 4.78 Å². The summed E-state index contributed by atoms with van der Waals surface area (Å²) in [6.45, 7) is 4.08. The highest BCUT2D eigenvalue weighted by Gasteiger charge is 2.12. The van der Waals surface area contributed by atoms with Crippen LogP contribution in [0.2, 0.25) is 0 Å². The Morgan fingerprint density at radius 2 is 1.89 bits per heavy atom. The van der Waals surface area contributed by atoms with E-state index in [2.05, 4.69) is 4.74 Å². The summed E-state index contributed by atoms with van der Waals surface area (Å²) in [4.78, 5) is 11.7. The van der Waals surface area contributed by atoms with Crippen molar-refractivity contribution in [1.82, 2.24) is 0 Å². The fraction of sp³-hybridized carbons (Fsp3) is 0.462. The Labute approximate surface area is 108 Å². The van der Waals surface area contributed by atoms with Gasteiger partial charge in [-0.3, -0.25) is 0 Å². The maximum absolute atomic E-state index is 12.2. The molecule has 1 rings (SSSR count). The zero-order valence-corrected chi connectivity index (χ0v) is 11.8. The van der Waals surface area contributed by atoms with Crippen molar-refractivity contribution in [2.75, 3.05) is 12.9 Å². The highest BCUT2D eigenvalue weighted by Crippen LogP contribution is 2.16. The molecule has 0 aliphatic rings. The van der Waals surface area contributed by atoms with Crippen LogP contribution in [-0.4, -0.2) is 23.0 Å². The van der Waals surface area contributed by atoms with E-state index in [-0.39, 0.29) is 0 Å². The monoisotopic (exact) mass is 269 g/mol. The van der Waals surface area contributed by atoms with Crippen molar-refractivity contribution in [2.45, 2.75) is 25.2 Å². The number of carbonyl (C=O) groups excluding carboxylic acids is 1. The van der Waals surface area contributed by atoms with Crippen LogP contribution in [0.1, 0.15) is 30.6 Å². The predicted molar refractivity (Wildman–Crippen MR) is 71.2 cm³/mol. The van der Waals surface area contributed by atoms with Gasteiger partial charge in [-0.25, -0.2) is 13.8 Å². The molecule has 0 spiro atoms. The Morgan fingerprint density at radius 3 is 2.33 bits per heavy atom. The fourth-order valence-corrected chi connectivity index (χ4v) is 3.06. The van der Waals surface area contributed by atoms with Crippen molar-refractivity contribution >= 4 is 15.7 Å². The van der Waals surface area contributed by atoms with E-state index in [1.807, 2.05) is 13.8 Å². The van der Waals surface area contributed by atoms with Crippen molar-refractivity contribution in [3.05, 3.63) is 29.8 Å².